The molecule has 2 rings (SSSR count). The SMILES string of the molecule is COCCn1ccc(NC(=O)C(C)C2CNC2)n1. The van der Waals surface area contributed by atoms with Gasteiger partial charge in [0.05, 0.1) is 13.2 Å². The lowest BCUT2D eigenvalue weighted by Gasteiger charge is -2.31. The summed E-state index contributed by atoms with van der Waals surface area (Å²) in [4.78, 5) is 12.0. The van der Waals surface area contributed by atoms with Crippen LogP contribution < -0.4 is 10.6 Å². The van der Waals surface area contributed by atoms with Crippen molar-refractivity contribution in [3.8, 4) is 0 Å². The highest BCUT2D eigenvalue weighted by molar-refractivity contribution is 5.91. The summed E-state index contributed by atoms with van der Waals surface area (Å²) in [5.41, 5.74) is 0. The Morgan fingerprint density at radius 3 is 3.11 bits per heavy atom. The summed E-state index contributed by atoms with van der Waals surface area (Å²) in [5.74, 6) is 1.12. The van der Waals surface area contributed by atoms with Crippen LogP contribution in [0.5, 0.6) is 0 Å². The summed E-state index contributed by atoms with van der Waals surface area (Å²) in [6, 6.07) is 1.80. The number of anilines is 1. The zero-order chi connectivity index (χ0) is 13.0. The van der Waals surface area contributed by atoms with Gasteiger partial charge < -0.3 is 15.4 Å². The third kappa shape index (κ3) is 3.08. The second-order valence-corrected chi connectivity index (χ2v) is 4.65. The van der Waals surface area contributed by atoms with E-state index in [-0.39, 0.29) is 11.8 Å². The Kier molecular flexibility index (Phi) is 4.33. The minimum absolute atomic E-state index is 0.0235. The van der Waals surface area contributed by atoms with Gasteiger partial charge in [0, 0.05) is 25.3 Å². The van der Waals surface area contributed by atoms with E-state index in [0.29, 0.717) is 24.9 Å². The molecule has 0 bridgehead atoms. The van der Waals surface area contributed by atoms with Crippen molar-refractivity contribution < 1.29 is 9.53 Å². The number of hydrogen-bond acceptors (Lipinski definition) is 4. The number of ether oxygens (including phenoxy) is 1. The number of hydrogen-bond donors (Lipinski definition) is 2. The maximum atomic E-state index is 12.0. The van der Waals surface area contributed by atoms with Gasteiger partial charge in [-0.15, -0.1) is 0 Å². The molecule has 1 atom stereocenters. The van der Waals surface area contributed by atoms with Crippen molar-refractivity contribution in [1.82, 2.24) is 15.1 Å². The molecule has 2 heterocycles. The fourth-order valence-corrected chi connectivity index (χ4v) is 1.86. The molecule has 1 amide bonds. The molecular weight excluding hydrogens is 232 g/mol. The number of nitrogens with zero attached hydrogens (tertiary/aromatic N) is 2. The van der Waals surface area contributed by atoms with Crippen LogP contribution in [0, 0.1) is 11.8 Å². The van der Waals surface area contributed by atoms with Crippen LogP contribution in [0.4, 0.5) is 5.82 Å². The number of amides is 1. The molecule has 1 fully saturated rings. The third-order valence-corrected chi connectivity index (χ3v) is 3.35. The average Bonchev–Trinajstić information content (AvgIpc) is 2.71. The van der Waals surface area contributed by atoms with E-state index in [0.717, 1.165) is 13.1 Å². The molecule has 1 unspecified atom stereocenters. The van der Waals surface area contributed by atoms with Gasteiger partial charge in [0.1, 0.15) is 0 Å². The molecule has 0 spiro atoms. The standard InChI is InChI=1S/C12H20N4O2/c1-9(10-7-13-8-10)12(17)14-11-3-4-16(15-11)5-6-18-2/h3-4,9-10,13H,5-8H2,1-2H3,(H,14,15,17). The summed E-state index contributed by atoms with van der Waals surface area (Å²) in [7, 11) is 1.65. The maximum absolute atomic E-state index is 12.0. The van der Waals surface area contributed by atoms with Gasteiger partial charge in [0.2, 0.25) is 5.91 Å². The molecule has 0 saturated carbocycles. The molecule has 100 valence electrons. The van der Waals surface area contributed by atoms with Gasteiger partial charge in [-0.2, -0.15) is 5.10 Å². The Bertz CT molecular complexity index is 401. The summed E-state index contributed by atoms with van der Waals surface area (Å²) < 4.78 is 6.73. The van der Waals surface area contributed by atoms with Gasteiger partial charge in [0.25, 0.3) is 0 Å². The lowest BCUT2D eigenvalue weighted by molar-refractivity contribution is -0.121. The van der Waals surface area contributed by atoms with E-state index in [1.807, 2.05) is 13.1 Å². The first kappa shape index (κ1) is 13.0. The first-order valence-corrected chi connectivity index (χ1v) is 6.24. The minimum Gasteiger partial charge on any atom is -0.383 e. The van der Waals surface area contributed by atoms with Crippen molar-refractivity contribution in [1.29, 1.82) is 0 Å². The van der Waals surface area contributed by atoms with Crippen molar-refractivity contribution in [2.24, 2.45) is 11.8 Å². The van der Waals surface area contributed by atoms with Crippen LogP contribution in [0.3, 0.4) is 0 Å². The van der Waals surface area contributed by atoms with E-state index in [1.54, 1.807) is 17.9 Å². The van der Waals surface area contributed by atoms with E-state index in [9.17, 15) is 4.79 Å². The van der Waals surface area contributed by atoms with Crippen LogP contribution in [0.25, 0.3) is 0 Å². The predicted molar refractivity (Wildman–Crippen MR) is 68.3 cm³/mol. The van der Waals surface area contributed by atoms with E-state index >= 15 is 0 Å². The van der Waals surface area contributed by atoms with Gasteiger partial charge in [-0.05, 0) is 19.0 Å². The molecule has 2 N–H and O–H groups in total. The quantitative estimate of drug-likeness (QED) is 0.765. The van der Waals surface area contributed by atoms with Crippen molar-refractivity contribution in [3.63, 3.8) is 0 Å². The van der Waals surface area contributed by atoms with Gasteiger partial charge >= 0.3 is 0 Å². The van der Waals surface area contributed by atoms with Gasteiger partial charge in [-0.1, -0.05) is 6.92 Å². The van der Waals surface area contributed by atoms with E-state index in [1.165, 1.54) is 0 Å². The Morgan fingerprint density at radius 2 is 2.50 bits per heavy atom. The highest BCUT2D eigenvalue weighted by Crippen LogP contribution is 2.17. The van der Waals surface area contributed by atoms with Crippen molar-refractivity contribution in [3.05, 3.63) is 12.3 Å². The molecule has 6 heteroatoms. The average molecular weight is 252 g/mol. The molecule has 1 aromatic rings. The molecule has 0 aliphatic carbocycles. The fraction of sp³-hybridized carbons (Fsp3) is 0.667. The second kappa shape index (κ2) is 5.97. The van der Waals surface area contributed by atoms with E-state index in [2.05, 4.69) is 15.7 Å². The number of aromatic nitrogens is 2. The first-order chi connectivity index (χ1) is 8.70. The second-order valence-electron chi connectivity index (χ2n) is 4.65. The van der Waals surface area contributed by atoms with E-state index < -0.39 is 0 Å². The van der Waals surface area contributed by atoms with Crippen LogP contribution in [0.15, 0.2) is 12.3 Å². The van der Waals surface area contributed by atoms with Gasteiger partial charge in [-0.3, -0.25) is 9.48 Å². The van der Waals surface area contributed by atoms with Crippen LogP contribution >= 0.6 is 0 Å². The van der Waals surface area contributed by atoms with Crippen LogP contribution in [-0.4, -0.2) is 42.5 Å². The molecule has 6 nitrogen and oxygen atoms in total. The molecule has 1 saturated heterocycles. The lowest BCUT2D eigenvalue weighted by atomic mass is 9.88. The number of methoxy groups -OCH3 is 1. The Morgan fingerprint density at radius 1 is 1.72 bits per heavy atom. The van der Waals surface area contributed by atoms with Crippen LogP contribution in [0.2, 0.25) is 0 Å². The minimum atomic E-state index is 0.0235. The number of carbonyl (C=O) groups is 1. The van der Waals surface area contributed by atoms with Gasteiger partial charge in [0.15, 0.2) is 5.82 Å². The predicted octanol–water partition coefficient (Wildman–Crippen LogP) is 0.324. The summed E-state index contributed by atoms with van der Waals surface area (Å²) in [6.07, 6.45) is 1.84. The van der Waals surface area contributed by atoms with Crippen molar-refractivity contribution in [2.75, 3.05) is 32.1 Å². The largest absolute Gasteiger partial charge is 0.383 e. The Labute approximate surface area is 107 Å². The zero-order valence-corrected chi connectivity index (χ0v) is 10.8. The Hall–Kier alpha value is -1.40. The molecule has 0 radical (unpaired) electrons. The molecule has 1 aliphatic heterocycles. The third-order valence-electron chi connectivity index (χ3n) is 3.35. The number of rotatable bonds is 6. The number of carbonyl (C=O) groups excluding carboxylic acids is 1. The Balaban J connectivity index is 1.84. The molecular formula is C12H20N4O2. The monoisotopic (exact) mass is 252 g/mol. The van der Waals surface area contributed by atoms with Crippen LogP contribution in [-0.2, 0) is 16.1 Å². The van der Waals surface area contributed by atoms with Gasteiger partial charge in [-0.25, -0.2) is 0 Å². The molecule has 18 heavy (non-hydrogen) atoms. The highest BCUT2D eigenvalue weighted by atomic mass is 16.5. The first-order valence-electron chi connectivity index (χ1n) is 6.24. The van der Waals surface area contributed by atoms with Crippen molar-refractivity contribution in [2.45, 2.75) is 13.5 Å². The summed E-state index contributed by atoms with van der Waals surface area (Å²) in [6.45, 7) is 5.12. The highest BCUT2D eigenvalue weighted by Gasteiger charge is 2.28. The maximum Gasteiger partial charge on any atom is 0.228 e. The van der Waals surface area contributed by atoms with E-state index in [4.69, 9.17) is 4.74 Å². The summed E-state index contributed by atoms with van der Waals surface area (Å²) >= 11 is 0. The molecule has 1 aromatic heterocycles. The molecule has 1 aliphatic rings. The zero-order valence-electron chi connectivity index (χ0n) is 10.8. The summed E-state index contributed by atoms with van der Waals surface area (Å²) in [5, 5.41) is 10.3. The van der Waals surface area contributed by atoms with Crippen LogP contribution in [0.1, 0.15) is 6.92 Å². The fourth-order valence-electron chi connectivity index (χ4n) is 1.86. The topological polar surface area (TPSA) is 68.2 Å². The lowest BCUT2D eigenvalue weighted by Crippen LogP contribution is -2.48. The smallest absolute Gasteiger partial charge is 0.228 e. The number of nitrogens with one attached hydrogen (secondary N) is 2. The van der Waals surface area contributed by atoms with Crippen molar-refractivity contribution >= 4 is 11.7 Å². The molecule has 0 aromatic carbocycles. The normalized spacial score (nSPS) is 17.2.